The van der Waals surface area contributed by atoms with Gasteiger partial charge in [-0.25, -0.2) is 14.6 Å². The number of hydrogen-bond acceptors (Lipinski definition) is 7. The number of aliphatic carboxylic acids is 2. The minimum Gasteiger partial charge on any atom is -0.475 e. The van der Waals surface area contributed by atoms with Gasteiger partial charge in [-0.15, -0.1) is 0 Å². The van der Waals surface area contributed by atoms with Crippen molar-refractivity contribution in [3.8, 4) is 0 Å². The van der Waals surface area contributed by atoms with Crippen LogP contribution in [-0.4, -0.2) is 75.6 Å². The third kappa shape index (κ3) is 10.1. The maximum Gasteiger partial charge on any atom is 0.490 e. The van der Waals surface area contributed by atoms with Crippen LogP contribution in [0.3, 0.4) is 0 Å². The van der Waals surface area contributed by atoms with Gasteiger partial charge in [-0.1, -0.05) is 0 Å². The van der Waals surface area contributed by atoms with Crippen molar-refractivity contribution in [3.63, 3.8) is 0 Å². The fourth-order valence-corrected chi connectivity index (χ4v) is 2.64. The van der Waals surface area contributed by atoms with Crippen LogP contribution in [0.25, 0.3) is 0 Å². The lowest BCUT2D eigenvalue weighted by molar-refractivity contribution is -0.193. The molecule has 0 bridgehead atoms. The fourth-order valence-electron chi connectivity index (χ4n) is 2.64. The van der Waals surface area contributed by atoms with Gasteiger partial charge in [0, 0.05) is 38.6 Å². The Bertz CT molecular complexity index is 901. The predicted octanol–water partition coefficient (Wildman–Crippen LogP) is 3.28. The van der Waals surface area contributed by atoms with E-state index in [0.717, 1.165) is 50.1 Å². The SMILES string of the molecule is Cc1cc(C)c(CN2CCN(c3cnccn3)CC2)o1.O=C(O)C(F)(F)F.O=C(O)C(F)(F)F. The number of furan rings is 1. The number of alkyl halides is 6. The fraction of sp³-hybridized carbons (Fsp3) is 0.474. The molecule has 0 saturated carbocycles. The Hall–Kier alpha value is -3.36. The van der Waals surface area contributed by atoms with Crippen LogP contribution >= 0.6 is 0 Å². The molecule has 1 fully saturated rings. The van der Waals surface area contributed by atoms with Crippen LogP contribution in [0.5, 0.6) is 0 Å². The minimum absolute atomic E-state index is 0.897. The monoisotopic (exact) mass is 500 g/mol. The smallest absolute Gasteiger partial charge is 0.475 e. The van der Waals surface area contributed by atoms with Gasteiger partial charge >= 0.3 is 24.3 Å². The minimum atomic E-state index is -5.08. The Kier molecular flexibility index (Phi) is 10.3. The summed E-state index contributed by atoms with van der Waals surface area (Å²) in [5.41, 5.74) is 1.25. The molecule has 0 aliphatic carbocycles. The number of carbonyl (C=O) groups is 2. The molecule has 3 heterocycles. The third-order valence-electron chi connectivity index (χ3n) is 4.24. The molecular weight excluding hydrogens is 478 g/mol. The van der Waals surface area contributed by atoms with Gasteiger partial charge in [-0.05, 0) is 25.5 Å². The normalized spacial score (nSPS) is 14.4. The zero-order valence-electron chi connectivity index (χ0n) is 18.0. The first-order chi connectivity index (χ1) is 15.6. The number of aromatic nitrogens is 2. The number of nitrogens with zero attached hydrogens (tertiary/aromatic N) is 4. The van der Waals surface area contributed by atoms with E-state index in [1.807, 2.05) is 13.1 Å². The van der Waals surface area contributed by atoms with Crippen LogP contribution in [0.4, 0.5) is 32.2 Å². The third-order valence-corrected chi connectivity index (χ3v) is 4.24. The summed E-state index contributed by atoms with van der Waals surface area (Å²) in [6, 6.07) is 2.10. The number of aryl methyl sites for hydroxylation is 2. The number of halogens is 6. The van der Waals surface area contributed by atoms with Gasteiger partial charge in [0.2, 0.25) is 0 Å². The lowest BCUT2D eigenvalue weighted by atomic mass is 10.2. The van der Waals surface area contributed by atoms with Crippen molar-refractivity contribution in [3.05, 3.63) is 41.7 Å². The van der Waals surface area contributed by atoms with Crippen molar-refractivity contribution in [1.82, 2.24) is 14.9 Å². The van der Waals surface area contributed by atoms with Gasteiger partial charge < -0.3 is 19.5 Å². The maximum absolute atomic E-state index is 10.6. The highest BCUT2D eigenvalue weighted by Crippen LogP contribution is 2.18. The molecule has 0 radical (unpaired) electrons. The lowest BCUT2D eigenvalue weighted by Gasteiger charge is -2.34. The van der Waals surface area contributed by atoms with Gasteiger partial charge in [0.1, 0.15) is 17.3 Å². The first-order valence-electron chi connectivity index (χ1n) is 9.50. The van der Waals surface area contributed by atoms with Crippen LogP contribution in [0.2, 0.25) is 0 Å². The standard InChI is InChI=1S/C15H20N4O.2C2HF3O2/c1-12-9-13(2)20-14(12)11-18-5-7-19(8-6-18)15-10-16-3-4-17-15;2*3-2(4,5)1(6)7/h3-4,9-10H,5-8,11H2,1-2H3;2*(H,6,7). The van der Waals surface area contributed by atoms with Crippen LogP contribution in [0.15, 0.2) is 29.1 Å². The quantitative estimate of drug-likeness (QED) is 0.612. The molecule has 1 saturated heterocycles. The number of piperazine rings is 1. The molecule has 3 rings (SSSR count). The van der Waals surface area contributed by atoms with Crippen molar-refractivity contribution < 1.29 is 50.6 Å². The molecule has 0 unspecified atom stereocenters. The van der Waals surface area contributed by atoms with Crippen LogP contribution in [0, 0.1) is 13.8 Å². The van der Waals surface area contributed by atoms with E-state index in [0.29, 0.717) is 0 Å². The highest BCUT2D eigenvalue weighted by Gasteiger charge is 2.38. The van der Waals surface area contributed by atoms with Gasteiger partial charge in [-0.3, -0.25) is 9.88 Å². The van der Waals surface area contributed by atoms with Crippen molar-refractivity contribution >= 4 is 17.8 Å². The first kappa shape index (κ1) is 28.7. The van der Waals surface area contributed by atoms with E-state index in [4.69, 9.17) is 24.2 Å². The van der Waals surface area contributed by atoms with E-state index >= 15 is 0 Å². The molecule has 0 amide bonds. The first-order valence-corrected chi connectivity index (χ1v) is 9.50. The van der Waals surface area contributed by atoms with Crippen molar-refractivity contribution in [2.75, 3.05) is 31.1 Å². The molecular formula is C19H22F6N4O5. The van der Waals surface area contributed by atoms with Gasteiger partial charge in [0.05, 0.1) is 12.7 Å². The van der Waals surface area contributed by atoms with E-state index in [1.54, 1.807) is 12.4 Å². The highest BCUT2D eigenvalue weighted by atomic mass is 19.4. The van der Waals surface area contributed by atoms with E-state index < -0.39 is 24.3 Å². The second-order valence-electron chi connectivity index (χ2n) is 6.90. The Morgan fingerprint density at radius 2 is 1.47 bits per heavy atom. The summed E-state index contributed by atoms with van der Waals surface area (Å²) in [7, 11) is 0. The van der Waals surface area contributed by atoms with Gasteiger partial charge in [0.25, 0.3) is 0 Å². The average molecular weight is 500 g/mol. The van der Waals surface area contributed by atoms with Gasteiger partial charge in [-0.2, -0.15) is 26.3 Å². The molecule has 15 heteroatoms. The van der Waals surface area contributed by atoms with Crippen molar-refractivity contribution in [1.29, 1.82) is 0 Å². The molecule has 0 aromatic carbocycles. The predicted molar refractivity (Wildman–Crippen MR) is 105 cm³/mol. The van der Waals surface area contributed by atoms with Crippen molar-refractivity contribution in [2.45, 2.75) is 32.7 Å². The molecule has 2 aromatic heterocycles. The van der Waals surface area contributed by atoms with Crippen LogP contribution < -0.4 is 4.90 Å². The molecule has 34 heavy (non-hydrogen) atoms. The lowest BCUT2D eigenvalue weighted by Crippen LogP contribution is -2.46. The molecule has 1 aliphatic heterocycles. The molecule has 2 N–H and O–H groups in total. The zero-order chi connectivity index (χ0) is 26.1. The zero-order valence-corrected chi connectivity index (χ0v) is 18.0. The van der Waals surface area contributed by atoms with E-state index in [2.05, 4.69) is 32.8 Å². The summed E-state index contributed by atoms with van der Waals surface area (Å²) in [5, 5.41) is 14.2. The highest BCUT2D eigenvalue weighted by molar-refractivity contribution is 5.73. The number of carboxylic acid groups (broad SMARTS) is 2. The maximum atomic E-state index is 10.6. The Balaban J connectivity index is 0.000000343. The second kappa shape index (κ2) is 12.2. The van der Waals surface area contributed by atoms with Gasteiger partial charge in [0.15, 0.2) is 0 Å². The largest absolute Gasteiger partial charge is 0.490 e. The van der Waals surface area contributed by atoms with Crippen LogP contribution in [0.1, 0.15) is 17.1 Å². The Labute approximate surface area is 189 Å². The summed E-state index contributed by atoms with van der Waals surface area (Å²) in [4.78, 5) is 31.0. The summed E-state index contributed by atoms with van der Waals surface area (Å²) >= 11 is 0. The molecule has 0 spiro atoms. The summed E-state index contributed by atoms with van der Waals surface area (Å²) < 4.78 is 69.2. The number of hydrogen-bond donors (Lipinski definition) is 2. The molecule has 9 nitrogen and oxygen atoms in total. The average Bonchev–Trinajstić information content (AvgIpc) is 3.05. The molecule has 2 aromatic rings. The van der Waals surface area contributed by atoms with E-state index in [1.165, 1.54) is 5.56 Å². The number of anilines is 1. The van der Waals surface area contributed by atoms with Crippen molar-refractivity contribution in [2.24, 2.45) is 0 Å². The summed E-state index contributed by atoms with van der Waals surface area (Å²) in [6.45, 7) is 9.03. The molecule has 1 aliphatic rings. The topological polar surface area (TPSA) is 120 Å². The second-order valence-corrected chi connectivity index (χ2v) is 6.90. The molecule has 190 valence electrons. The summed E-state index contributed by atoms with van der Waals surface area (Å²) in [6.07, 6.45) is -4.88. The summed E-state index contributed by atoms with van der Waals surface area (Å²) in [5.74, 6) is -2.46. The van der Waals surface area contributed by atoms with Crippen LogP contribution in [-0.2, 0) is 16.1 Å². The number of rotatable bonds is 3. The number of carboxylic acids is 2. The Morgan fingerprint density at radius 3 is 1.82 bits per heavy atom. The Morgan fingerprint density at radius 1 is 0.971 bits per heavy atom. The molecule has 0 atom stereocenters. The van der Waals surface area contributed by atoms with E-state index in [-0.39, 0.29) is 0 Å². The van der Waals surface area contributed by atoms with E-state index in [9.17, 15) is 26.3 Å².